The standard InChI is InChI=1S/C10H15BrOS/c1-6-5-7(13-9(6)11)8(12)10(2,3)4/h5,8,12H,1-4H3. The molecule has 0 spiro atoms. The molecule has 1 aromatic heterocycles. The molecule has 0 aliphatic heterocycles. The van der Waals surface area contributed by atoms with Crippen molar-refractivity contribution in [1.82, 2.24) is 0 Å². The fourth-order valence-corrected chi connectivity index (χ4v) is 2.85. The van der Waals surface area contributed by atoms with E-state index in [4.69, 9.17) is 0 Å². The summed E-state index contributed by atoms with van der Waals surface area (Å²) in [5.74, 6) is 0. The second kappa shape index (κ2) is 3.71. The van der Waals surface area contributed by atoms with Gasteiger partial charge in [-0.3, -0.25) is 0 Å². The van der Waals surface area contributed by atoms with E-state index in [1.807, 2.05) is 33.8 Å². The molecule has 1 N–H and O–H groups in total. The first-order chi connectivity index (χ1) is 5.82. The Labute approximate surface area is 91.9 Å². The maximum absolute atomic E-state index is 9.98. The molecule has 0 aliphatic carbocycles. The van der Waals surface area contributed by atoms with Gasteiger partial charge in [0.25, 0.3) is 0 Å². The maximum atomic E-state index is 9.98. The van der Waals surface area contributed by atoms with Crippen molar-refractivity contribution in [2.24, 2.45) is 5.41 Å². The zero-order chi connectivity index (χ0) is 10.2. The molecule has 0 saturated carbocycles. The molecule has 1 heterocycles. The minimum atomic E-state index is -0.373. The Morgan fingerprint density at radius 3 is 2.31 bits per heavy atom. The van der Waals surface area contributed by atoms with Gasteiger partial charge in [0.05, 0.1) is 9.89 Å². The molecular weight excluding hydrogens is 248 g/mol. The molecule has 0 fully saturated rings. The van der Waals surface area contributed by atoms with Crippen LogP contribution in [0.2, 0.25) is 0 Å². The molecular formula is C10H15BrOS. The molecule has 13 heavy (non-hydrogen) atoms. The molecule has 1 nitrogen and oxygen atoms in total. The van der Waals surface area contributed by atoms with Crippen molar-refractivity contribution in [3.8, 4) is 0 Å². The van der Waals surface area contributed by atoms with E-state index in [0.29, 0.717) is 0 Å². The molecule has 0 saturated heterocycles. The molecule has 1 atom stereocenters. The van der Waals surface area contributed by atoms with Crippen LogP contribution in [0.25, 0.3) is 0 Å². The Kier molecular flexibility index (Phi) is 3.20. The molecule has 0 aliphatic rings. The molecule has 1 rings (SSSR count). The Morgan fingerprint density at radius 2 is 2.00 bits per heavy atom. The lowest BCUT2D eigenvalue weighted by Gasteiger charge is -2.24. The molecule has 74 valence electrons. The van der Waals surface area contributed by atoms with Gasteiger partial charge in [0.2, 0.25) is 0 Å². The first kappa shape index (κ1) is 11.2. The van der Waals surface area contributed by atoms with Crippen LogP contribution in [0.3, 0.4) is 0 Å². The van der Waals surface area contributed by atoms with Gasteiger partial charge >= 0.3 is 0 Å². The van der Waals surface area contributed by atoms with E-state index in [0.717, 1.165) is 8.66 Å². The maximum Gasteiger partial charge on any atom is 0.0930 e. The molecule has 0 amide bonds. The second-order valence-corrected chi connectivity index (χ2v) is 6.78. The monoisotopic (exact) mass is 262 g/mol. The third-order valence-electron chi connectivity index (χ3n) is 1.97. The number of aliphatic hydroxyl groups is 1. The summed E-state index contributed by atoms with van der Waals surface area (Å²) in [6.07, 6.45) is -0.373. The highest BCUT2D eigenvalue weighted by atomic mass is 79.9. The van der Waals surface area contributed by atoms with Gasteiger partial charge in [-0.1, -0.05) is 20.8 Å². The number of halogens is 1. The zero-order valence-electron chi connectivity index (χ0n) is 8.39. The van der Waals surface area contributed by atoms with Crippen LogP contribution in [0.1, 0.15) is 37.3 Å². The molecule has 3 heteroatoms. The Balaban J connectivity index is 2.96. The number of rotatable bonds is 1. The Bertz CT molecular complexity index is 279. The lowest BCUT2D eigenvalue weighted by molar-refractivity contribution is 0.0658. The van der Waals surface area contributed by atoms with Gasteiger partial charge in [0, 0.05) is 4.88 Å². The van der Waals surface area contributed by atoms with Crippen molar-refractivity contribution in [1.29, 1.82) is 0 Å². The fourth-order valence-electron chi connectivity index (χ4n) is 1.05. The van der Waals surface area contributed by atoms with Gasteiger partial charge in [-0.2, -0.15) is 0 Å². The van der Waals surface area contributed by atoms with E-state index in [1.54, 1.807) is 11.3 Å². The van der Waals surface area contributed by atoms with Crippen LogP contribution < -0.4 is 0 Å². The lowest BCUT2D eigenvalue weighted by Crippen LogP contribution is -2.16. The Hall–Kier alpha value is 0.140. The quantitative estimate of drug-likeness (QED) is 0.814. The van der Waals surface area contributed by atoms with E-state index < -0.39 is 0 Å². The molecule has 0 radical (unpaired) electrons. The van der Waals surface area contributed by atoms with Crippen LogP contribution in [0.5, 0.6) is 0 Å². The summed E-state index contributed by atoms with van der Waals surface area (Å²) in [5, 5.41) is 9.98. The van der Waals surface area contributed by atoms with E-state index in [-0.39, 0.29) is 11.5 Å². The third-order valence-corrected chi connectivity index (χ3v) is 4.16. The van der Waals surface area contributed by atoms with Crippen LogP contribution in [-0.2, 0) is 0 Å². The highest BCUT2D eigenvalue weighted by molar-refractivity contribution is 9.11. The summed E-state index contributed by atoms with van der Waals surface area (Å²) in [6, 6.07) is 2.05. The van der Waals surface area contributed by atoms with Gasteiger partial charge in [-0.15, -0.1) is 11.3 Å². The van der Waals surface area contributed by atoms with Crippen LogP contribution in [0.4, 0.5) is 0 Å². The van der Waals surface area contributed by atoms with Gasteiger partial charge in [-0.25, -0.2) is 0 Å². The number of aryl methyl sites for hydroxylation is 1. The molecule has 0 bridgehead atoms. The van der Waals surface area contributed by atoms with Crippen LogP contribution >= 0.6 is 27.3 Å². The van der Waals surface area contributed by atoms with E-state index in [1.165, 1.54) is 5.56 Å². The first-order valence-corrected chi connectivity index (χ1v) is 5.87. The van der Waals surface area contributed by atoms with Crippen molar-refractivity contribution in [3.05, 3.63) is 20.3 Å². The summed E-state index contributed by atoms with van der Waals surface area (Å²) in [7, 11) is 0. The van der Waals surface area contributed by atoms with Crippen LogP contribution in [0, 0.1) is 12.3 Å². The number of thiophene rings is 1. The number of hydrogen-bond acceptors (Lipinski definition) is 2. The second-order valence-electron chi connectivity index (χ2n) is 4.37. The summed E-state index contributed by atoms with van der Waals surface area (Å²) in [5.41, 5.74) is 1.11. The average molecular weight is 263 g/mol. The largest absolute Gasteiger partial charge is 0.387 e. The summed E-state index contributed by atoms with van der Waals surface area (Å²) in [6.45, 7) is 8.17. The predicted octanol–water partition coefficient (Wildman–Crippen LogP) is 3.90. The van der Waals surface area contributed by atoms with Crippen molar-refractivity contribution >= 4 is 27.3 Å². The number of aliphatic hydroxyl groups excluding tert-OH is 1. The fraction of sp³-hybridized carbons (Fsp3) is 0.600. The van der Waals surface area contributed by atoms with Crippen LogP contribution in [0.15, 0.2) is 9.85 Å². The highest BCUT2D eigenvalue weighted by Crippen LogP contribution is 2.39. The molecule has 1 aromatic rings. The molecule has 1 unspecified atom stereocenters. The summed E-state index contributed by atoms with van der Waals surface area (Å²) in [4.78, 5) is 1.04. The van der Waals surface area contributed by atoms with Crippen LogP contribution in [-0.4, -0.2) is 5.11 Å². The summed E-state index contributed by atoms with van der Waals surface area (Å²) < 4.78 is 1.12. The highest BCUT2D eigenvalue weighted by Gasteiger charge is 2.25. The van der Waals surface area contributed by atoms with E-state index in [2.05, 4.69) is 15.9 Å². The summed E-state index contributed by atoms with van der Waals surface area (Å²) >= 11 is 5.07. The normalized spacial score (nSPS) is 14.6. The van der Waals surface area contributed by atoms with Gasteiger partial charge in [0.1, 0.15) is 0 Å². The average Bonchev–Trinajstić information content (AvgIpc) is 2.29. The van der Waals surface area contributed by atoms with Crippen molar-refractivity contribution in [2.75, 3.05) is 0 Å². The van der Waals surface area contributed by atoms with E-state index in [9.17, 15) is 5.11 Å². The SMILES string of the molecule is Cc1cc(C(O)C(C)(C)C)sc1Br. The van der Waals surface area contributed by atoms with Gasteiger partial charge in [-0.05, 0) is 39.9 Å². The van der Waals surface area contributed by atoms with E-state index >= 15 is 0 Å². The van der Waals surface area contributed by atoms with Crippen molar-refractivity contribution in [3.63, 3.8) is 0 Å². The molecule has 0 aromatic carbocycles. The predicted molar refractivity (Wildman–Crippen MR) is 61.2 cm³/mol. The third kappa shape index (κ3) is 2.55. The van der Waals surface area contributed by atoms with Gasteiger partial charge < -0.3 is 5.11 Å². The Morgan fingerprint density at radius 1 is 1.46 bits per heavy atom. The minimum Gasteiger partial charge on any atom is -0.387 e. The smallest absolute Gasteiger partial charge is 0.0930 e. The van der Waals surface area contributed by atoms with Crippen molar-refractivity contribution < 1.29 is 5.11 Å². The number of hydrogen-bond donors (Lipinski definition) is 1. The zero-order valence-corrected chi connectivity index (χ0v) is 10.8. The van der Waals surface area contributed by atoms with Gasteiger partial charge in [0.15, 0.2) is 0 Å². The minimum absolute atomic E-state index is 0.0866. The lowest BCUT2D eigenvalue weighted by atomic mass is 9.88. The first-order valence-electron chi connectivity index (χ1n) is 4.26. The van der Waals surface area contributed by atoms with Crippen molar-refractivity contribution in [2.45, 2.75) is 33.8 Å². The topological polar surface area (TPSA) is 20.2 Å².